The molecule has 0 aromatic heterocycles. The molecular formula is C8H15N3O2. The first-order valence-electron chi connectivity index (χ1n) is 4.37. The van der Waals surface area contributed by atoms with Crippen LogP contribution in [-0.2, 0) is 9.59 Å². The maximum Gasteiger partial charge on any atom is 0.223 e. The summed E-state index contributed by atoms with van der Waals surface area (Å²) in [5.41, 5.74) is 5.12. The smallest absolute Gasteiger partial charge is 0.223 e. The Morgan fingerprint density at radius 1 is 1.77 bits per heavy atom. The molecule has 5 heteroatoms. The van der Waals surface area contributed by atoms with Gasteiger partial charge in [0.15, 0.2) is 0 Å². The third kappa shape index (κ3) is 2.42. The van der Waals surface area contributed by atoms with Crippen LogP contribution < -0.4 is 11.1 Å². The summed E-state index contributed by atoms with van der Waals surface area (Å²) in [5, 5.41) is 2.95. The van der Waals surface area contributed by atoms with Gasteiger partial charge in [-0.3, -0.25) is 9.59 Å². The number of hydrogen-bond acceptors (Lipinski definition) is 3. The first-order valence-corrected chi connectivity index (χ1v) is 4.37. The van der Waals surface area contributed by atoms with Crippen molar-refractivity contribution in [2.24, 2.45) is 11.7 Å². The van der Waals surface area contributed by atoms with Crippen LogP contribution in [0.3, 0.4) is 0 Å². The average Bonchev–Trinajstić information content (AvgIpc) is 2.44. The molecule has 1 saturated heterocycles. The first-order chi connectivity index (χ1) is 6.15. The molecule has 0 spiro atoms. The van der Waals surface area contributed by atoms with Gasteiger partial charge in [0.2, 0.25) is 11.8 Å². The highest BCUT2D eigenvalue weighted by atomic mass is 16.2. The summed E-state index contributed by atoms with van der Waals surface area (Å²) in [5.74, 6) is -0.635. The Labute approximate surface area is 77.3 Å². The van der Waals surface area contributed by atoms with E-state index in [2.05, 4.69) is 5.32 Å². The van der Waals surface area contributed by atoms with Crippen molar-refractivity contribution < 1.29 is 9.59 Å². The van der Waals surface area contributed by atoms with Crippen molar-refractivity contribution in [1.29, 1.82) is 0 Å². The lowest BCUT2D eigenvalue weighted by Gasteiger charge is -2.15. The second-order valence-electron chi connectivity index (χ2n) is 3.25. The number of likely N-dealkylation sites (N-methyl/N-ethyl adjacent to an activating group) is 1. The van der Waals surface area contributed by atoms with Gasteiger partial charge in [0, 0.05) is 26.1 Å². The summed E-state index contributed by atoms with van der Waals surface area (Å²) in [6.07, 6.45) is 0.277. The van der Waals surface area contributed by atoms with Gasteiger partial charge < -0.3 is 16.0 Å². The van der Waals surface area contributed by atoms with Crippen LogP contribution in [0.5, 0.6) is 0 Å². The summed E-state index contributed by atoms with van der Waals surface area (Å²) < 4.78 is 0. The lowest BCUT2D eigenvalue weighted by molar-refractivity contribution is -0.128. The zero-order valence-electron chi connectivity index (χ0n) is 7.75. The largest absolute Gasteiger partial charge is 0.369 e. The maximum absolute atomic E-state index is 11.3. The number of hydrogen-bond donors (Lipinski definition) is 2. The average molecular weight is 185 g/mol. The Morgan fingerprint density at radius 2 is 2.46 bits per heavy atom. The topological polar surface area (TPSA) is 75.4 Å². The summed E-state index contributed by atoms with van der Waals surface area (Å²) >= 11 is 0. The van der Waals surface area contributed by atoms with Crippen molar-refractivity contribution in [2.45, 2.75) is 6.42 Å². The van der Waals surface area contributed by atoms with Gasteiger partial charge in [-0.1, -0.05) is 0 Å². The molecule has 0 aromatic carbocycles. The fraction of sp³-hybridized carbons (Fsp3) is 0.750. The normalized spacial score (nSPS) is 22.4. The highest BCUT2D eigenvalue weighted by Crippen LogP contribution is 2.16. The minimum atomic E-state index is -0.375. The number of nitrogens with zero attached hydrogens (tertiary/aromatic N) is 1. The minimum Gasteiger partial charge on any atom is -0.369 e. The van der Waals surface area contributed by atoms with Gasteiger partial charge in [0.1, 0.15) is 0 Å². The number of carbonyl (C=O) groups is 2. The predicted octanol–water partition coefficient (Wildman–Crippen LogP) is -1.46. The molecule has 2 amide bonds. The molecule has 3 N–H and O–H groups in total. The van der Waals surface area contributed by atoms with Crippen molar-refractivity contribution in [3.05, 3.63) is 0 Å². The maximum atomic E-state index is 11.3. The lowest BCUT2D eigenvalue weighted by atomic mass is 10.1. The molecule has 0 aromatic rings. The van der Waals surface area contributed by atoms with E-state index in [1.807, 2.05) is 7.05 Å². The van der Waals surface area contributed by atoms with Crippen LogP contribution in [0, 0.1) is 5.92 Å². The fourth-order valence-electron chi connectivity index (χ4n) is 1.43. The van der Waals surface area contributed by atoms with E-state index in [0.717, 1.165) is 6.54 Å². The Balaban J connectivity index is 2.42. The zero-order valence-corrected chi connectivity index (χ0v) is 7.75. The number of likely N-dealkylation sites (tertiary alicyclic amines) is 1. The van der Waals surface area contributed by atoms with Crippen molar-refractivity contribution >= 4 is 11.8 Å². The number of amides is 2. The Hall–Kier alpha value is -1.10. The molecule has 1 fully saturated rings. The number of rotatable bonds is 4. The molecule has 1 atom stereocenters. The Bertz CT molecular complexity index is 217. The zero-order chi connectivity index (χ0) is 9.84. The first kappa shape index (κ1) is 9.98. The van der Waals surface area contributed by atoms with E-state index in [0.29, 0.717) is 13.1 Å². The van der Waals surface area contributed by atoms with Gasteiger partial charge in [-0.05, 0) is 7.05 Å². The third-order valence-electron chi connectivity index (χ3n) is 2.25. The summed E-state index contributed by atoms with van der Waals surface area (Å²) in [6, 6.07) is 0. The number of nitrogens with two attached hydrogens (primary N) is 1. The Morgan fingerprint density at radius 3 is 2.92 bits per heavy atom. The van der Waals surface area contributed by atoms with Crippen molar-refractivity contribution in [3.8, 4) is 0 Å². The third-order valence-corrected chi connectivity index (χ3v) is 2.25. The van der Waals surface area contributed by atoms with E-state index in [9.17, 15) is 9.59 Å². The van der Waals surface area contributed by atoms with Crippen molar-refractivity contribution in [1.82, 2.24) is 10.2 Å². The van der Waals surface area contributed by atoms with Gasteiger partial charge in [0.05, 0.1) is 5.92 Å². The molecule has 0 saturated carbocycles. The molecule has 74 valence electrons. The fourth-order valence-corrected chi connectivity index (χ4v) is 1.43. The predicted molar refractivity (Wildman–Crippen MR) is 47.8 cm³/mol. The molecule has 0 bridgehead atoms. The van der Waals surface area contributed by atoms with E-state index in [1.165, 1.54) is 0 Å². The molecule has 5 nitrogen and oxygen atoms in total. The standard InChI is InChI=1S/C8H15N3O2/c1-10-2-3-11-5-6(8(9)13)4-7(11)12/h6,10H,2-5H2,1H3,(H2,9,13). The molecule has 1 unspecified atom stereocenters. The van der Waals surface area contributed by atoms with Gasteiger partial charge in [0.25, 0.3) is 0 Å². The molecular weight excluding hydrogens is 170 g/mol. The lowest BCUT2D eigenvalue weighted by Crippen LogP contribution is -2.33. The van der Waals surface area contributed by atoms with Crippen LogP contribution in [0.15, 0.2) is 0 Å². The molecule has 1 heterocycles. The van der Waals surface area contributed by atoms with E-state index >= 15 is 0 Å². The molecule has 0 radical (unpaired) electrons. The summed E-state index contributed by atoms with van der Waals surface area (Å²) in [7, 11) is 1.83. The molecule has 1 aliphatic rings. The van der Waals surface area contributed by atoms with E-state index in [4.69, 9.17) is 5.73 Å². The highest BCUT2D eigenvalue weighted by Gasteiger charge is 2.32. The van der Waals surface area contributed by atoms with Crippen molar-refractivity contribution in [3.63, 3.8) is 0 Å². The number of primary amides is 1. The van der Waals surface area contributed by atoms with Gasteiger partial charge in [-0.25, -0.2) is 0 Å². The Kier molecular flexibility index (Phi) is 3.25. The van der Waals surface area contributed by atoms with E-state index < -0.39 is 0 Å². The molecule has 1 rings (SSSR count). The summed E-state index contributed by atoms with van der Waals surface area (Å²) in [4.78, 5) is 23.8. The van der Waals surface area contributed by atoms with Crippen LogP contribution in [0.2, 0.25) is 0 Å². The summed E-state index contributed by atoms with van der Waals surface area (Å²) in [6.45, 7) is 1.88. The minimum absolute atomic E-state index is 0.0269. The number of nitrogens with one attached hydrogen (secondary N) is 1. The van der Waals surface area contributed by atoms with Gasteiger partial charge >= 0.3 is 0 Å². The molecule has 13 heavy (non-hydrogen) atoms. The highest BCUT2D eigenvalue weighted by molar-refractivity contribution is 5.88. The van der Waals surface area contributed by atoms with Gasteiger partial charge in [-0.15, -0.1) is 0 Å². The number of carbonyl (C=O) groups excluding carboxylic acids is 2. The van der Waals surface area contributed by atoms with Gasteiger partial charge in [-0.2, -0.15) is 0 Å². The molecule has 0 aliphatic carbocycles. The van der Waals surface area contributed by atoms with Crippen LogP contribution in [-0.4, -0.2) is 43.4 Å². The van der Waals surface area contributed by atoms with E-state index in [-0.39, 0.29) is 24.2 Å². The quantitative estimate of drug-likeness (QED) is 0.562. The monoisotopic (exact) mass is 185 g/mol. The second-order valence-corrected chi connectivity index (χ2v) is 3.25. The van der Waals surface area contributed by atoms with Crippen molar-refractivity contribution in [2.75, 3.05) is 26.7 Å². The SMILES string of the molecule is CNCCN1CC(C(N)=O)CC1=O. The van der Waals surface area contributed by atoms with E-state index in [1.54, 1.807) is 4.90 Å². The van der Waals surface area contributed by atoms with Crippen LogP contribution in [0.4, 0.5) is 0 Å². The van der Waals surface area contributed by atoms with Crippen LogP contribution in [0.25, 0.3) is 0 Å². The van der Waals surface area contributed by atoms with Crippen LogP contribution >= 0.6 is 0 Å². The second kappa shape index (κ2) is 4.23. The van der Waals surface area contributed by atoms with Crippen LogP contribution in [0.1, 0.15) is 6.42 Å². The molecule has 1 aliphatic heterocycles.